The standard InChI is InChI=1S/C16H20O4S/c17-15-7-6-12(11-4-2-1-3-5-11)8-13(15)14-9-21(19,20)10-16(14)18/h1-5,12-14,16,18H,6-10H2. The van der Waals surface area contributed by atoms with Crippen molar-refractivity contribution in [3.05, 3.63) is 35.9 Å². The van der Waals surface area contributed by atoms with E-state index in [4.69, 9.17) is 0 Å². The molecule has 3 rings (SSSR count). The Morgan fingerprint density at radius 1 is 1.10 bits per heavy atom. The molecule has 1 N–H and O–H groups in total. The van der Waals surface area contributed by atoms with Gasteiger partial charge in [-0.2, -0.15) is 0 Å². The number of hydrogen-bond donors (Lipinski definition) is 1. The Morgan fingerprint density at radius 3 is 2.43 bits per heavy atom. The van der Waals surface area contributed by atoms with Crippen LogP contribution < -0.4 is 0 Å². The predicted molar refractivity (Wildman–Crippen MR) is 79.7 cm³/mol. The summed E-state index contributed by atoms with van der Waals surface area (Å²) in [7, 11) is -3.20. The Hall–Kier alpha value is -1.20. The van der Waals surface area contributed by atoms with Crippen LogP contribution in [0.4, 0.5) is 0 Å². The van der Waals surface area contributed by atoms with Crippen LogP contribution in [0.15, 0.2) is 30.3 Å². The van der Waals surface area contributed by atoms with Crippen molar-refractivity contribution in [2.75, 3.05) is 11.5 Å². The van der Waals surface area contributed by atoms with Gasteiger partial charge in [-0.1, -0.05) is 30.3 Å². The molecule has 4 unspecified atom stereocenters. The number of carbonyl (C=O) groups excluding carboxylic acids is 1. The van der Waals surface area contributed by atoms with Crippen LogP contribution in [0.1, 0.15) is 30.7 Å². The average Bonchev–Trinajstić information content (AvgIpc) is 2.73. The lowest BCUT2D eigenvalue weighted by molar-refractivity contribution is -0.127. The average molecular weight is 308 g/mol. The Morgan fingerprint density at radius 2 is 1.81 bits per heavy atom. The third-order valence-electron chi connectivity index (χ3n) is 4.84. The highest BCUT2D eigenvalue weighted by Crippen LogP contribution is 2.40. The molecule has 0 radical (unpaired) electrons. The van der Waals surface area contributed by atoms with Gasteiger partial charge in [0.1, 0.15) is 5.78 Å². The molecule has 2 fully saturated rings. The van der Waals surface area contributed by atoms with Gasteiger partial charge in [-0.05, 0) is 24.3 Å². The number of carbonyl (C=O) groups is 1. The summed E-state index contributed by atoms with van der Waals surface area (Å²) in [5.74, 6) is -0.596. The van der Waals surface area contributed by atoms with E-state index >= 15 is 0 Å². The molecule has 0 spiro atoms. The van der Waals surface area contributed by atoms with Crippen LogP contribution in [-0.2, 0) is 14.6 Å². The fourth-order valence-electron chi connectivity index (χ4n) is 3.74. The Kier molecular flexibility index (Phi) is 3.88. The molecule has 4 atom stereocenters. The normalized spacial score (nSPS) is 35.8. The first-order valence-corrected chi connectivity index (χ1v) is 9.24. The summed E-state index contributed by atoms with van der Waals surface area (Å²) in [4.78, 5) is 12.2. The minimum absolute atomic E-state index is 0.0495. The monoisotopic (exact) mass is 308 g/mol. The van der Waals surface area contributed by atoms with Gasteiger partial charge < -0.3 is 5.11 Å². The predicted octanol–water partition coefficient (Wildman–Crippen LogP) is 1.54. The van der Waals surface area contributed by atoms with Gasteiger partial charge >= 0.3 is 0 Å². The second kappa shape index (κ2) is 5.54. The van der Waals surface area contributed by atoms with E-state index in [0.717, 1.165) is 6.42 Å². The van der Waals surface area contributed by atoms with Crippen LogP contribution in [0.5, 0.6) is 0 Å². The van der Waals surface area contributed by atoms with Gasteiger partial charge in [0.15, 0.2) is 9.84 Å². The molecule has 1 aromatic carbocycles. The zero-order valence-corrected chi connectivity index (χ0v) is 12.6. The second-order valence-corrected chi connectivity index (χ2v) is 8.42. The summed E-state index contributed by atoms with van der Waals surface area (Å²) in [5.41, 5.74) is 1.20. The molecule has 114 valence electrons. The maximum Gasteiger partial charge on any atom is 0.153 e. The zero-order valence-electron chi connectivity index (χ0n) is 11.8. The van der Waals surface area contributed by atoms with Gasteiger partial charge in [0.05, 0.1) is 17.6 Å². The first-order chi connectivity index (χ1) is 9.96. The highest BCUT2D eigenvalue weighted by molar-refractivity contribution is 7.91. The molecule has 1 aromatic rings. The number of aliphatic hydroxyl groups excluding tert-OH is 1. The molecule has 1 aliphatic carbocycles. The summed E-state index contributed by atoms with van der Waals surface area (Å²) in [6, 6.07) is 10.0. The van der Waals surface area contributed by atoms with Crippen LogP contribution in [0.25, 0.3) is 0 Å². The van der Waals surface area contributed by atoms with Crippen molar-refractivity contribution in [3.8, 4) is 0 Å². The molecule has 21 heavy (non-hydrogen) atoms. The van der Waals surface area contributed by atoms with E-state index in [1.165, 1.54) is 5.56 Å². The van der Waals surface area contributed by atoms with Crippen molar-refractivity contribution in [1.29, 1.82) is 0 Å². The van der Waals surface area contributed by atoms with Crippen LogP contribution in [0.3, 0.4) is 0 Å². The summed E-state index contributed by atoms with van der Waals surface area (Å²) in [5, 5.41) is 10.0. The molecule has 1 heterocycles. The minimum atomic E-state index is -3.20. The summed E-state index contributed by atoms with van der Waals surface area (Å²) in [6.07, 6.45) is 1.06. The van der Waals surface area contributed by atoms with Crippen molar-refractivity contribution in [3.63, 3.8) is 0 Å². The van der Waals surface area contributed by atoms with Gasteiger partial charge in [-0.25, -0.2) is 8.42 Å². The topological polar surface area (TPSA) is 71.4 Å². The number of Topliss-reactive ketones (excluding diaryl/α,β-unsaturated/α-hetero) is 1. The van der Waals surface area contributed by atoms with Crippen LogP contribution in [0.2, 0.25) is 0 Å². The van der Waals surface area contributed by atoms with Crippen molar-refractivity contribution in [2.45, 2.75) is 31.3 Å². The van der Waals surface area contributed by atoms with E-state index in [1.54, 1.807) is 0 Å². The SMILES string of the molecule is O=C1CCC(c2ccccc2)CC1C1CS(=O)(=O)CC1O. The number of aliphatic hydroxyl groups is 1. The quantitative estimate of drug-likeness (QED) is 0.899. The molecule has 0 amide bonds. The smallest absolute Gasteiger partial charge is 0.153 e. The largest absolute Gasteiger partial charge is 0.392 e. The lowest BCUT2D eigenvalue weighted by atomic mass is 9.71. The summed E-state index contributed by atoms with van der Waals surface area (Å²) < 4.78 is 23.4. The molecule has 1 saturated heterocycles. The minimum Gasteiger partial charge on any atom is -0.392 e. The first-order valence-electron chi connectivity index (χ1n) is 7.42. The van der Waals surface area contributed by atoms with Crippen LogP contribution in [-0.4, -0.2) is 36.9 Å². The molecular formula is C16H20O4S. The number of benzene rings is 1. The maximum atomic E-state index is 12.2. The van der Waals surface area contributed by atoms with Crippen molar-refractivity contribution < 1.29 is 18.3 Å². The van der Waals surface area contributed by atoms with E-state index in [2.05, 4.69) is 12.1 Å². The lowest BCUT2D eigenvalue weighted by Gasteiger charge is -2.32. The van der Waals surface area contributed by atoms with E-state index in [-0.39, 0.29) is 29.1 Å². The highest BCUT2D eigenvalue weighted by Gasteiger charge is 2.45. The fourth-order valence-corrected chi connectivity index (χ4v) is 5.68. The van der Waals surface area contributed by atoms with Gasteiger partial charge in [0.2, 0.25) is 0 Å². The third kappa shape index (κ3) is 3.04. The number of ketones is 1. The molecule has 1 aliphatic heterocycles. The Bertz CT molecular complexity index is 623. The Balaban J connectivity index is 1.80. The van der Waals surface area contributed by atoms with Gasteiger partial charge in [-0.15, -0.1) is 0 Å². The van der Waals surface area contributed by atoms with Crippen molar-refractivity contribution in [1.82, 2.24) is 0 Å². The zero-order chi connectivity index (χ0) is 15.0. The summed E-state index contributed by atoms with van der Waals surface area (Å²) >= 11 is 0. The van der Waals surface area contributed by atoms with E-state index in [9.17, 15) is 18.3 Å². The first kappa shape index (κ1) is 14.7. The molecular weight excluding hydrogens is 288 g/mol. The maximum absolute atomic E-state index is 12.2. The molecule has 2 aliphatic rings. The van der Waals surface area contributed by atoms with Crippen LogP contribution in [0, 0.1) is 11.8 Å². The number of rotatable bonds is 2. The molecule has 1 saturated carbocycles. The Labute approximate surface area is 125 Å². The summed E-state index contributed by atoms with van der Waals surface area (Å²) in [6.45, 7) is 0. The van der Waals surface area contributed by atoms with E-state index < -0.39 is 21.9 Å². The van der Waals surface area contributed by atoms with Crippen molar-refractivity contribution >= 4 is 15.6 Å². The van der Waals surface area contributed by atoms with E-state index in [1.807, 2.05) is 18.2 Å². The molecule has 0 bridgehead atoms. The molecule has 5 heteroatoms. The fraction of sp³-hybridized carbons (Fsp3) is 0.562. The molecule has 4 nitrogen and oxygen atoms in total. The van der Waals surface area contributed by atoms with Crippen molar-refractivity contribution in [2.24, 2.45) is 11.8 Å². The lowest BCUT2D eigenvalue weighted by Crippen LogP contribution is -2.35. The van der Waals surface area contributed by atoms with E-state index in [0.29, 0.717) is 12.8 Å². The van der Waals surface area contributed by atoms with Gasteiger partial charge in [-0.3, -0.25) is 4.79 Å². The molecule has 0 aromatic heterocycles. The van der Waals surface area contributed by atoms with Crippen LogP contribution >= 0.6 is 0 Å². The highest BCUT2D eigenvalue weighted by atomic mass is 32.2. The van der Waals surface area contributed by atoms with Gasteiger partial charge in [0, 0.05) is 18.3 Å². The third-order valence-corrected chi connectivity index (χ3v) is 6.59. The number of hydrogen-bond acceptors (Lipinski definition) is 4. The van der Waals surface area contributed by atoms with Gasteiger partial charge in [0.25, 0.3) is 0 Å². The second-order valence-electron chi connectivity index (χ2n) is 6.26. The number of sulfone groups is 1.